The van der Waals surface area contributed by atoms with Crippen LogP contribution in [0.4, 0.5) is 17.6 Å². The number of benzene rings is 1. The van der Waals surface area contributed by atoms with Crippen LogP contribution in [-0.2, 0) is 0 Å². The molecule has 0 unspecified atom stereocenters. The van der Waals surface area contributed by atoms with Gasteiger partial charge in [0.1, 0.15) is 6.61 Å². The summed E-state index contributed by atoms with van der Waals surface area (Å²) in [4.78, 5) is 11.2. The summed E-state index contributed by atoms with van der Waals surface area (Å²) in [5.74, 6) is -3.66. The zero-order valence-electron chi connectivity index (χ0n) is 8.97. The Morgan fingerprint density at radius 3 is 2.24 bits per heavy atom. The molecular formula is C11H10F4O2. The van der Waals surface area contributed by atoms with Crippen LogP contribution in [0.25, 0.3) is 0 Å². The quantitative estimate of drug-likeness (QED) is 0.592. The van der Waals surface area contributed by atoms with E-state index >= 15 is 0 Å². The number of ether oxygens (including phenoxy) is 1. The van der Waals surface area contributed by atoms with Crippen LogP contribution in [0.3, 0.4) is 0 Å². The van der Waals surface area contributed by atoms with Crippen molar-refractivity contribution in [1.29, 1.82) is 0 Å². The first-order valence-electron chi connectivity index (χ1n) is 4.88. The van der Waals surface area contributed by atoms with Gasteiger partial charge in [-0.2, -0.15) is 0 Å². The molecule has 0 heterocycles. The highest BCUT2D eigenvalue weighted by Crippen LogP contribution is 2.24. The molecule has 1 aromatic carbocycles. The van der Waals surface area contributed by atoms with Gasteiger partial charge in [-0.1, -0.05) is 6.92 Å². The fourth-order valence-corrected chi connectivity index (χ4v) is 1.21. The minimum absolute atomic E-state index is 0.0934. The molecule has 0 saturated carbocycles. The third kappa shape index (κ3) is 3.44. The Bertz CT molecular complexity index is 395. The van der Waals surface area contributed by atoms with Crippen LogP contribution in [0.5, 0.6) is 5.75 Å². The summed E-state index contributed by atoms with van der Waals surface area (Å²) in [7, 11) is 0. The monoisotopic (exact) mass is 250 g/mol. The smallest absolute Gasteiger partial charge is 0.272 e. The lowest BCUT2D eigenvalue weighted by Gasteiger charge is -2.09. The van der Waals surface area contributed by atoms with Crippen molar-refractivity contribution in [3.05, 3.63) is 29.3 Å². The van der Waals surface area contributed by atoms with E-state index < -0.39 is 36.2 Å². The molecule has 0 amide bonds. The Balaban J connectivity index is 2.98. The van der Waals surface area contributed by atoms with Crippen LogP contribution in [0.15, 0.2) is 12.1 Å². The molecule has 17 heavy (non-hydrogen) atoms. The number of halogens is 4. The third-order valence-electron chi connectivity index (χ3n) is 2.00. The molecule has 0 saturated heterocycles. The van der Waals surface area contributed by atoms with Crippen molar-refractivity contribution >= 4 is 5.78 Å². The van der Waals surface area contributed by atoms with Crippen molar-refractivity contribution in [3.63, 3.8) is 0 Å². The van der Waals surface area contributed by atoms with E-state index in [1.807, 2.05) is 0 Å². The Kier molecular flexibility index (Phi) is 4.48. The lowest BCUT2D eigenvalue weighted by Crippen LogP contribution is -2.10. The summed E-state index contributed by atoms with van der Waals surface area (Å²) in [5, 5.41) is 0. The predicted octanol–water partition coefficient (Wildman–Crippen LogP) is 3.20. The molecule has 0 bridgehead atoms. The van der Waals surface area contributed by atoms with Gasteiger partial charge in [-0.15, -0.1) is 0 Å². The number of carbonyl (C=O) groups excluding carboxylic acids is 1. The molecule has 0 fully saturated rings. The second-order valence-electron chi connectivity index (χ2n) is 3.25. The van der Waals surface area contributed by atoms with Gasteiger partial charge in [-0.3, -0.25) is 4.79 Å². The fourth-order valence-electron chi connectivity index (χ4n) is 1.21. The number of Topliss-reactive ketones (excluding diaryl/α,β-unsaturated/α-hetero) is 1. The fraction of sp³-hybridized carbons (Fsp3) is 0.364. The molecule has 0 aliphatic rings. The Morgan fingerprint density at radius 1 is 1.29 bits per heavy atom. The van der Waals surface area contributed by atoms with Crippen molar-refractivity contribution < 1.29 is 27.1 Å². The van der Waals surface area contributed by atoms with E-state index in [0.29, 0.717) is 0 Å². The number of hydrogen-bond donors (Lipinski definition) is 0. The molecule has 0 aliphatic heterocycles. The Labute approximate surface area is 95.2 Å². The molecule has 1 aromatic rings. The van der Waals surface area contributed by atoms with E-state index in [2.05, 4.69) is 4.74 Å². The second kappa shape index (κ2) is 5.65. The number of alkyl halides is 2. The minimum atomic E-state index is -2.83. The summed E-state index contributed by atoms with van der Waals surface area (Å²) in [6, 6.07) is 1.55. The lowest BCUT2D eigenvalue weighted by molar-refractivity contribution is 0.0776. The van der Waals surface area contributed by atoms with Crippen molar-refractivity contribution in [2.75, 3.05) is 6.61 Å². The third-order valence-corrected chi connectivity index (χ3v) is 2.00. The van der Waals surface area contributed by atoms with Crippen LogP contribution >= 0.6 is 0 Å². The maximum Gasteiger partial charge on any atom is 0.272 e. The SMILES string of the molecule is CCC(=O)c1cc(F)c(OCC(F)F)c(F)c1. The number of rotatable bonds is 5. The van der Waals surface area contributed by atoms with Gasteiger partial charge in [0.05, 0.1) is 0 Å². The molecule has 0 spiro atoms. The van der Waals surface area contributed by atoms with Gasteiger partial charge in [0, 0.05) is 12.0 Å². The second-order valence-corrected chi connectivity index (χ2v) is 3.25. The Hall–Kier alpha value is -1.59. The van der Waals surface area contributed by atoms with E-state index in [1.165, 1.54) is 0 Å². The topological polar surface area (TPSA) is 26.3 Å². The molecule has 0 N–H and O–H groups in total. The van der Waals surface area contributed by atoms with E-state index in [1.54, 1.807) is 6.92 Å². The average Bonchev–Trinajstić information content (AvgIpc) is 2.26. The first-order chi connectivity index (χ1) is 7.95. The summed E-state index contributed by atoms with van der Waals surface area (Å²) >= 11 is 0. The largest absolute Gasteiger partial charge is 0.482 e. The van der Waals surface area contributed by atoms with Gasteiger partial charge in [0.25, 0.3) is 6.43 Å². The molecule has 6 heteroatoms. The average molecular weight is 250 g/mol. The Morgan fingerprint density at radius 2 is 1.82 bits per heavy atom. The van der Waals surface area contributed by atoms with Crippen molar-refractivity contribution in [3.8, 4) is 5.75 Å². The molecule has 2 nitrogen and oxygen atoms in total. The van der Waals surface area contributed by atoms with Gasteiger partial charge in [-0.25, -0.2) is 17.6 Å². The molecule has 94 valence electrons. The molecular weight excluding hydrogens is 240 g/mol. The van der Waals surface area contributed by atoms with Crippen molar-refractivity contribution in [2.24, 2.45) is 0 Å². The van der Waals surface area contributed by atoms with E-state index in [4.69, 9.17) is 0 Å². The van der Waals surface area contributed by atoms with Gasteiger partial charge in [0.2, 0.25) is 0 Å². The van der Waals surface area contributed by atoms with Crippen LogP contribution in [0.2, 0.25) is 0 Å². The van der Waals surface area contributed by atoms with Crippen molar-refractivity contribution in [2.45, 2.75) is 19.8 Å². The maximum absolute atomic E-state index is 13.3. The summed E-state index contributed by atoms with van der Waals surface area (Å²) in [6.07, 6.45) is -2.73. The lowest BCUT2D eigenvalue weighted by atomic mass is 10.1. The van der Waals surface area contributed by atoms with E-state index in [-0.39, 0.29) is 12.0 Å². The highest BCUT2D eigenvalue weighted by atomic mass is 19.3. The van der Waals surface area contributed by atoms with Crippen LogP contribution in [-0.4, -0.2) is 18.8 Å². The van der Waals surface area contributed by atoms with Gasteiger partial charge in [-0.05, 0) is 12.1 Å². The number of hydrogen-bond acceptors (Lipinski definition) is 2. The molecule has 0 atom stereocenters. The van der Waals surface area contributed by atoms with Crippen LogP contribution in [0, 0.1) is 11.6 Å². The molecule has 1 rings (SSSR count). The standard InChI is InChI=1S/C11H10F4O2/c1-2-9(16)6-3-7(12)11(8(13)4-6)17-5-10(14)15/h3-4,10H,2,5H2,1H3. The maximum atomic E-state index is 13.3. The zero-order valence-corrected chi connectivity index (χ0v) is 8.97. The summed E-state index contributed by atoms with van der Waals surface area (Å²) in [5.41, 5.74) is -0.146. The predicted molar refractivity (Wildman–Crippen MR) is 52.5 cm³/mol. The summed E-state index contributed by atoms with van der Waals surface area (Å²) in [6.45, 7) is 0.439. The van der Waals surface area contributed by atoms with Crippen LogP contribution in [0.1, 0.15) is 23.7 Å². The van der Waals surface area contributed by atoms with Crippen molar-refractivity contribution in [1.82, 2.24) is 0 Å². The van der Waals surface area contributed by atoms with E-state index in [0.717, 1.165) is 12.1 Å². The normalized spacial score (nSPS) is 10.7. The molecule has 0 radical (unpaired) electrons. The van der Waals surface area contributed by atoms with Gasteiger partial charge < -0.3 is 4.74 Å². The first kappa shape index (κ1) is 13.5. The van der Waals surface area contributed by atoms with Gasteiger partial charge >= 0.3 is 0 Å². The number of ketones is 1. The first-order valence-corrected chi connectivity index (χ1v) is 4.88. The van der Waals surface area contributed by atoms with Crippen LogP contribution < -0.4 is 4.74 Å². The van der Waals surface area contributed by atoms with Gasteiger partial charge in [0.15, 0.2) is 23.2 Å². The number of carbonyl (C=O) groups is 1. The van der Waals surface area contributed by atoms with E-state index in [9.17, 15) is 22.4 Å². The highest BCUT2D eigenvalue weighted by molar-refractivity contribution is 5.96. The molecule has 0 aliphatic carbocycles. The zero-order chi connectivity index (χ0) is 13.0. The summed E-state index contributed by atoms with van der Waals surface area (Å²) < 4.78 is 54.5. The minimum Gasteiger partial charge on any atom is -0.482 e. The molecule has 0 aromatic heterocycles. The highest BCUT2D eigenvalue weighted by Gasteiger charge is 2.17.